The molecule has 1 aromatic carbocycles. The van der Waals surface area contributed by atoms with Crippen molar-refractivity contribution in [1.82, 2.24) is 18.9 Å². The topological polar surface area (TPSA) is 83.1 Å². The molecular weight excluding hydrogens is 391 g/mol. The molecule has 0 saturated carbocycles. The fourth-order valence-corrected chi connectivity index (χ4v) is 3.65. The van der Waals surface area contributed by atoms with Gasteiger partial charge in [-0.15, -0.1) is 0 Å². The van der Waals surface area contributed by atoms with Gasteiger partial charge in [-0.2, -0.15) is 13.2 Å². The third-order valence-corrected chi connectivity index (χ3v) is 5.26. The number of halogens is 3. The lowest BCUT2D eigenvalue weighted by Crippen LogP contribution is -2.45. The van der Waals surface area contributed by atoms with E-state index in [4.69, 9.17) is 0 Å². The monoisotopic (exact) mass is 409 g/mol. The van der Waals surface area contributed by atoms with Crippen molar-refractivity contribution in [3.8, 4) is 0 Å². The molecule has 1 fully saturated rings. The number of benzene rings is 1. The van der Waals surface area contributed by atoms with Gasteiger partial charge in [0.15, 0.2) is 5.69 Å². The van der Waals surface area contributed by atoms with Gasteiger partial charge in [-0.05, 0) is 25.2 Å². The summed E-state index contributed by atoms with van der Waals surface area (Å²) in [6, 6.07) is 3.06. The molecule has 1 aliphatic heterocycles. The van der Waals surface area contributed by atoms with Gasteiger partial charge in [0.2, 0.25) is 5.65 Å². The van der Waals surface area contributed by atoms with Crippen LogP contribution in [-0.4, -0.2) is 63.2 Å². The summed E-state index contributed by atoms with van der Waals surface area (Å²) in [5.74, 6) is -1.09. The Morgan fingerprint density at radius 1 is 1.10 bits per heavy atom. The normalized spacial score (nSPS) is 16.1. The third-order valence-electron chi connectivity index (χ3n) is 5.26. The molecule has 3 heterocycles. The number of aromatic nitrogens is 3. The van der Waals surface area contributed by atoms with Gasteiger partial charge in [-0.1, -0.05) is 0 Å². The molecule has 11 heteroatoms. The Labute approximate surface area is 162 Å². The van der Waals surface area contributed by atoms with Gasteiger partial charge in [0.05, 0.1) is 16.6 Å². The standard InChI is InChI=1S/C18H18F3N5O3/c1-23-5-7-25(8-6-23)15-13(17(28)29)22-14-16(27)24(2)12-9-10(18(19,20)21)3-4-11(12)26(14)15/h3-4,9H,5-8H2,1-2H3,(H,28,29). The predicted molar refractivity (Wildman–Crippen MR) is 99.6 cm³/mol. The van der Waals surface area contributed by atoms with Crippen LogP contribution in [0.15, 0.2) is 23.0 Å². The number of nitrogens with zero attached hydrogens (tertiary/aromatic N) is 5. The molecule has 29 heavy (non-hydrogen) atoms. The van der Waals surface area contributed by atoms with E-state index in [9.17, 15) is 27.9 Å². The first-order chi connectivity index (χ1) is 13.6. The quantitative estimate of drug-likeness (QED) is 0.693. The molecule has 1 saturated heterocycles. The zero-order chi connectivity index (χ0) is 21.1. The van der Waals surface area contributed by atoms with Gasteiger partial charge in [0.1, 0.15) is 5.82 Å². The molecule has 0 radical (unpaired) electrons. The molecule has 0 amide bonds. The van der Waals surface area contributed by atoms with E-state index in [0.717, 1.165) is 16.7 Å². The van der Waals surface area contributed by atoms with Crippen LogP contribution in [0.1, 0.15) is 16.1 Å². The minimum absolute atomic E-state index is 0.0436. The van der Waals surface area contributed by atoms with Crippen LogP contribution in [0.5, 0.6) is 0 Å². The summed E-state index contributed by atoms with van der Waals surface area (Å²) in [4.78, 5) is 32.6. The first kappa shape index (κ1) is 19.2. The predicted octanol–water partition coefficient (Wildman–Crippen LogP) is 1.65. The molecule has 0 aliphatic carbocycles. The van der Waals surface area contributed by atoms with Gasteiger partial charge in [0.25, 0.3) is 5.56 Å². The fraction of sp³-hybridized carbons (Fsp3) is 0.389. The second-order valence-corrected chi connectivity index (χ2v) is 7.10. The number of likely N-dealkylation sites (N-methyl/N-ethyl adjacent to an activating group) is 1. The molecule has 0 atom stereocenters. The van der Waals surface area contributed by atoms with E-state index >= 15 is 0 Å². The van der Waals surface area contributed by atoms with E-state index in [2.05, 4.69) is 9.88 Å². The maximum atomic E-state index is 13.2. The number of fused-ring (bicyclic) bond motifs is 3. The van der Waals surface area contributed by atoms with Crippen molar-refractivity contribution in [3.05, 3.63) is 39.8 Å². The summed E-state index contributed by atoms with van der Waals surface area (Å²) in [6.45, 7) is 2.35. The van der Waals surface area contributed by atoms with Crippen LogP contribution in [0.4, 0.5) is 19.0 Å². The van der Waals surface area contributed by atoms with Crippen molar-refractivity contribution < 1.29 is 23.1 Å². The molecule has 2 aromatic heterocycles. The first-order valence-electron chi connectivity index (χ1n) is 8.89. The summed E-state index contributed by atoms with van der Waals surface area (Å²) in [5.41, 5.74) is -1.66. The van der Waals surface area contributed by atoms with E-state index in [-0.39, 0.29) is 28.2 Å². The number of imidazole rings is 1. The molecule has 1 aliphatic rings. The summed E-state index contributed by atoms with van der Waals surface area (Å²) in [6.07, 6.45) is -4.57. The highest BCUT2D eigenvalue weighted by atomic mass is 19.4. The molecule has 0 spiro atoms. The number of carboxylic acid groups (broad SMARTS) is 1. The van der Waals surface area contributed by atoms with Gasteiger partial charge in [0, 0.05) is 33.2 Å². The third kappa shape index (κ3) is 3.01. The summed E-state index contributed by atoms with van der Waals surface area (Å²) in [5, 5.41) is 9.66. The largest absolute Gasteiger partial charge is 0.476 e. The number of rotatable bonds is 2. The first-order valence-corrected chi connectivity index (χ1v) is 8.89. The highest BCUT2D eigenvalue weighted by Crippen LogP contribution is 2.33. The lowest BCUT2D eigenvalue weighted by Gasteiger charge is -2.33. The van der Waals surface area contributed by atoms with Crippen LogP contribution in [0.2, 0.25) is 0 Å². The number of aryl methyl sites for hydroxylation is 1. The number of anilines is 1. The van der Waals surface area contributed by atoms with Crippen molar-refractivity contribution in [2.75, 3.05) is 38.1 Å². The zero-order valence-corrected chi connectivity index (χ0v) is 15.7. The van der Waals surface area contributed by atoms with Crippen molar-refractivity contribution in [1.29, 1.82) is 0 Å². The van der Waals surface area contributed by atoms with Crippen LogP contribution in [-0.2, 0) is 13.2 Å². The van der Waals surface area contributed by atoms with Gasteiger partial charge in [-0.3, -0.25) is 9.20 Å². The zero-order valence-electron chi connectivity index (χ0n) is 15.7. The number of hydrogen-bond acceptors (Lipinski definition) is 5. The second kappa shape index (κ2) is 6.48. The Bertz CT molecular complexity index is 1190. The molecule has 3 aromatic rings. The summed E-state index contributed by atoms with van der Waals surface area (Å²) < 4.78 is 42.0. The number of piperazine rings is 1. The Hall–Kier alpha value is -3.08. The molecule has 4 rings (SSSR count). The van der Waals surface area contributed by atoms with Crippen molar-refractivity contribution in [2.45, 2.75) is 6.18 Å². The highest BCUT2D eigenvalue weighted by Gasteiger charge is 2.32. The van der Waals surface area contributed by atoms with Crippen molar-refractivity contribution in [2.24, 2.45) is 7.05 Å². The van der Waals surface area contributed by atoms with E-state index in [1.807, 2.05) is 7.05 Å². The molecule has 0 unspecified atom stereocenters. The highest BCUT2D eigenvalue weighted by molar-refractivity contribution is 5.95. The van der Waals surface area contributed by atoms with Crippen LogP contribution in [0.25, 0.3) is 16.7 Å². The van der Waals surface area contributed by atoms with Gasteiger partial charge in [-0.25, -0.2) is 9.78 Å². The van der Waals surface area contributed by atoms with Crippen LogP contribution in [0, 0.1) is 0 Å². The Kier molecular flexibility index (Phi) is 4.30. The smallest absolute Gasteiger partial charge is 0.416 e. The Balaban J connectivity index is 2.09. The molecule has 0 bridgehead atoms. The van der Waals surface area contributed by atoms with E-state index in [1.165, 1.54) is 17.5 Å². The minimum atomic E-state index is -4.57. The number of aromatic carboxylic acids is 1. The Morgan fingerprint density at radius 2 is 1.76 bits per heavy atom. The van der Waals surface area contributed by atoms with Crippen LogP contribution >= 0.6 is 0 Å². The lowest BCUT2D eigenvalue weighted by molar-refractivity contribution is -0.137. The lowest BCUT2D eigenvalue weighted by atomic mass is 10.2. The fourth-order valence-electron chi connectivity index (χ4n) is 3.65. The average molecular weight is 409 g/mol. The molecular formula is C18H18F3N5O3. The number of hydrogen-bond donors (Lipinski definition) is 1. The Morgan fingerprint density at radius 3 is 2.34 bits per heavy atom. The van der Waals surface area contributed by atoms with Crippen molar-refractivity contribution >= 4 is 28.5 Å². The molecule has 8 nitrogen and oxygen atoms in total. The summed E-state index contributed by atoms with van der Waals surface area (Å²) >= 11 is 0. The van der Waals surface area contributed by atoms with Gasteiger partial charge >= 0.3 is 12.1 Å². The maximum absolute atomic E-state index is 13.2. The molecule has 154 valence electrons. The van der Waals surface area contributed by atoms with E-state index in [0.29, 0.717) is 26.2 Å². The minimum Gasteiger partial charge on any atom is -0.476 e. The maximum Gasteiger partial charge on any atom is 0.416 e. The number of alkyl halides is 3. The second-order valence-electron chi connectivity index (χ2n) is 7.10. The van der Waals surface area contributed by atoms with E-state index in [1.54, 1.807) is 4.90 Å². The number of carbonyl (C=O) groups is 1. The average Bonchev–Trinajstić information content (AvgIpc) is 3.06. The van der Waals surface area contributed by atoms with E-state index < -0.39 is 23.3 Å². The van der Waals surface area contributed by atoms with Crippen LogP contribution in [0.3, 0.4) is 0 Å². The van der Waals surface area contributed by atoms with Gasteiger partial charge < -0.3 is 19.5 Å². The summed E-state index contributed by atoms with van der Waals surface area (Å²) in [7, 11) is 3.28. The van der Waals surface area contributed by atoms with Crippen LogP contribution < -0.4 is 10.5 Å². The molecule has 1 N–H and O–H groups in total. The van der Waals surface area contributed by atoms with Crippen molar-refractivity contribution in [3.63, 3.8) is 0 Å². The SMILES string of the molecule is CN1CCN(c2c(C(=O)O)nc3c(=O)n(C)c4cc(C(F)(F)F)ccc4n23)CC1. The number of carboxylic acids is 1.